The molecular formula is C24H24ClN3O3S. The summed E-state index contributed by atoms with van der Waals surface area (Å²) in [4.78, 5) is 30.1. The van der Waals surface area contributed by atoms with E-state index in [-0.39, 0.29) is 17.6 Å². The summed E-state index contributed by atoms with van der Waals surface area (Å²) in [5, 5.41) is 6.71. The number of nitrogens with one attached hydrogen (secondary N) is 2. The number of anilines is 2. The van der Waals surface area contributed by atoms with Crippen molar-refractivity contribution >= 4 is 46.6 Å². The smallest absolute Gasteiger partial charge is 0.258 e. The number of halogens is 1. The van der Waals surface area contributed by atoms with Crippen LogP contribution in [-0.2, 0) is 4.79 Å². The van der Waals surface area contributed by atoms with Crippen molar-refractivity contribution in [2.24, 2.45) is 0 Å². The highest BCUT2D eigenvalue weighted by Gasteiger charge is 2.19. The maximum absolute atomic E-state index is 13.0. The predicted molar refractivity (Wildman–Crippen MR) is 130 cm³/mol. The highest BCUT2D eigenvalue weighted by molar-refractivity contribution is 8.00. The molecule has 0 atom stereocenters. The number of methoxy groups -OCH3 is 1. The van der Waals surface area contributed by atoms with Crippen LogP contribution in [0.5, 0.6) is 5.75 Å². The Bertz CT molecular complexity index is 1170. The van der Waals surface area contributed by atoms with E-state index in [0.717, 1.165) is 16.8 Å². The summed E-state index contributed by atoms with van der Waals surface area (Å²) >= 11 is 7.24. The van der Waals surface area contributed by atoms with Crippen molar-refractivity contribution in [2.45, 2.75) is 25.8 Å². The van der Waals surface area contributed by atoms with Gasteiger partial charge in [0.25, 0.3) is 5.91 Å². The lowest BCUT2D eigenvalue weighted by Crippen LogP contribution is -2.18. The Labute approximate surface area is 196 Å². The molecule has 0 saturated heterocycles. The second-order valence-corrected chi connectivity index (χ2v) is 8.67. The van der Waals surface area contributed by atoms with Gasteiger partial charge in [0.2, 0.25) is 5.91 Å². The fraction of sp³-hybridized carbons (Fsp3) is 0.208. The number of amides is 2. The topological polar surface area (TPSA) is 80.3 Å². The minimum Gasteiger partial charge on any atom is -0.495 e. The van der Waals surface area contributed by atoms with Gasteiger partial charge in [-0.1, -0.05) is 35.5 Å². The normalized spacial score (nSPS) is 10.5. The van der Waals surface area contributed by atoms with Crippen molar-refractivity contribution < 1.29 is 14.3 Å². The Morgan fingerprint density at radius 1 is 1.06 bits per heavy atom. The molecule has 0 aliphatic rings. The second-order valence-electron chi connectivity index (χ2n) is 7.27. The van der Waals surface area contributed by atoms with Crippen molar-refractivity contribution in [1.82, 2.24) is 4.98 Å². The Morgan fingerprint density at radius 3 is 2.56 bits per heavy atom. The maximum atomic E-state index is 13.0. The molecule has 1 heterocycles. The van der Waals surface area contributed by atoms with E-state index in [1.807, 2.05) is 51.1 Å². The predicted octanol–water partition coefficient (Wildman–Crippen LogP) is 5.65. The third kappa shape index (κ3) is 6.02. The molecule has 0 saturated carbocycles. The average molecular weight is 470 g/mol. The first-order chi connectivity index (χ1) is 15.3. The summed E-state index contributed by atoms with van der Waals surface area (Å²) in [6, 6.07) is 14.4. The molecule has 3 rings (SSSR count). The summed E-state index contributed by atoms with van der Waals surface area (Å²) in [6.45, 7) is 5.68. The third-order valence-electron chi connectivity index (χ3n) is 4.59. The Balaban J connectivity index is 1.77. The van der Waals surface area contributed by atoms with E-state index in [0.29, 0.717) is 32.7 Å². The van der Waals surface area contributed by atoms with Gasteiger partial charge >= 0.3 is 0 Å². The highest BCUT2D eigenvalue weighted by Crippen LogP contribution is 2.29. The van der Waals surface area contributed by atoms with E-state index in [9.17, 15) is 9.59 Å². The number of aromatic nitrogens is 1. The highest BCUT2D eigenvalue weighted by atomic mass is 35.5. The van der Waals surface area contributed by atoms with Gasteiger partial charge in [0.1, 0.15) is 10.8 Å². The lowest BCUT2D eigenvalue weighted by Gasteiger charge is -2.14. The number of pyridine rings is 1. The first-order valence-corrected chi connectivity index (χ1v) is 11.3. The van der Waals surface area contributed by atoms with Crippen LogP contribution in [0.1, 0.15) is 27.2 Å². The lowest BCUT2D eigenvalue weighted by molar-refractivity contribution is -0.113. The number of ether oxygens (including phenoxy) is 1. The molecule has 0 aliphatic heterocycles. The molecule has 2 aromatic carbocycles. The van der Waals surface area contributed by atoms with Crippen LogP contribution in [-0.4, -0.2) is 29.7 Å². The van der Waals surface area contributed by atoms with E-state index in [1.54, 1.807) is 18.2 Å². The van der Waals surface area contributed by atoms with Crippen LogP contribution < -0.4 is 15.4 Å². The molecule has 6 nitrogen and oxygen atoms in total. The van der Waals surface area contributed by atoms with E-state index in [4.69, 9.17) is 16.3 Å². The quantitative estimate of drug-likeness (QED) is 0.437. The van der Waals surface area contributed by atoms with E-state index < -0.39 is 0 Å². The van der Waals surface area contributed by atoms with Gasteiger partial charge in [-0.3, -0.25) is 9.59 Å². The van der Waals surface area contributed by atoms with Crippen LogP contribution in [0.3, 0.4) is 0 Å². The number of rotatable bonds is 7. The van der Waals surface area contributed by atoms with Crippen LogP contribution in [0.15, 0.2) is 53.6 Å². The number of benzene rings is 2. The molecule has 0 bridgehead atoms. The number of hydrogen-bond donors (Lipinski definition) is 2. The van der Waals surface area contributed by atoms with Gasteiger partial charge in [0.15, 0.2) is 0 Å². The summed E-state index contributed by atoms with van der Waals surface area (Å²) in [6.07, 6.45) is 0. The van der Waals surface area contributed by atoms with Gasteiger partial charge in [-0.05, 0) is 68.3 Å². The summed E-state index contributed by atoms with van der Waals surface area (Å²) in [5.41, 5.74) is 4.25. The average Bonchev–Trinajstić information content (AvgIpc) is 2.72. The second kappa shape index (κ2) is 10.5. The zero-order chi connectivity index (χ0) is 23.3. The molecule has 1 aromatic heterocycles. The molecule has 2 amide bonds. The van der Waals surface area contributed by atoms with Gasteiger partial charge in [0, 0.05) is 16.4 Å². The number of carbonyl (C=O) groups excluding carboxylic acids is 2. The zero-order valence-corrected chi connectivity index (χ0v) is 19.9. The summed E-state index contributed by atoms with van der Waals surface area (Å²) < 4.78 is 5.27. The number of thioether (sulfide) groups is 1. The largest absolute Gasteiger partial charge is 0.495 e. The van der Waals surface area contributed by atoms with Crippen LogP contribution in [0.25, 0.3) is 0 Å². The van der Waals surface area contributed by atoms with Gasteiger partial charge < -0.3 is 15.4 Å². The molecule has 0 aliphatic carbocycles. The number of aryl methyl sites for hydroxylation is 3. The van der Waals surface area contributed by atoms with Gasteiger partial charge in [-0.25, -0.2) is 4.98 Å². The molecule has 166 valence electrons. The molecule has 0 unspecified atom stereocenters. The third-order valence-corrected chi connectivity index (χ3v) is 5.80. The molecule has 2 N–H and O–H groups in total. The number of carbonyl (C=O) groups is 2. The molecule has 0 radical (unpaired) electrons. The Kier molecular flexibility index (Phi) is 7.77. The van der Waals surface area contributed by atoms with Crippen molar-refractivity contribution in [1.29, 1.82) is 0 Å². The van der Waals surface area contributed by atoms with E-state index >= 15 is 0 Å². The fourth-order valence-corrected chi connectivity index (χ4v) is 4.32. The van der Waals surface area contributed by atoms with Crippen molar-refractivity contribution in [3.8, 4) is 5.75 Å². The molecule has 32 heavy (non-hydrogen) atoms. The lowest BCUT2D eigenvalue weighted by atomic mass is 10.1. The fourth-order valence-electron chi connectivity index (χ4n) is 3.20. The van der Waals surface area contributed by atoms with Gasteiger partial charge in [-0.15, -0.1) is 0 Å². The van der Waals surface area contributed by atoms with E-state index in [1.165, 1.54) is 18.9 Å². The number of nitrogens with zero attached hydrogens (tertiary/aromatic N) is 1. The van der Waals surface area contributed by atoms with Crippen molar-refractivity contribution in [3.05, 3.63) is 75.9 Å². The first kappa shape index (κ1) is 23.6. The molecule has 3 aromatic rings. The van der Waals surface area contributed by atoms with Crippen molar-refractivity contribution in [3.63, 3.8) is 0 Å². The van der Waals surface area contributed by atoms with Gasteiger partial charge in [0.05, 0.1) is 24.1 Å². The molecule has 8 heteroatoms. The molecular weight excluding hydrogens is 446 g/mol. The molecule has 0 spiro atoms. The SMILES string of the molecule is COc1ccc(Cl)cc1NC(=O)CSc1nc(C)cc(C)c1C(=O)Nc1cccc(C)c1. The van der Waals surface area contributed by atoms with Crippen molar-refractivity contribution in [2.75, 3.05) is 23.5 Å². The monoisotopic (exact) mass is 469 g/mol. The summed E-state index contributed by atoms with van der Waals surface area (Å²) in [7, 11) is 1.52. The van der Waals surface area contributed by atoms with Crippen LogP contribution in [0.4, 0.5) is 11.4 Å². The Hall–Kier alpha value is -3.03. The van der Waals surface area contributed by atoms with E-state index in [2.05, 4.69) is 15.6 Å². The standard InChI is InChI=1S/C24H24ClN3O3S/c1-14-6-5-7-18(10-14)27-23(30)22-15(2)11-16(3)26-24(22)32-13-21(29)28-19-12-17(25)8-9-20(19)31-4/h5-12H,13H2,1-4H3,(H,27,30)(H,28,29). The molecule has 0 fully saturated rings. The zero-order valence-electron chi connectivity index (χ0n) is 18.3. The van der Waals surface area contributed by atoms with Gasteiger partial charge in [-0.2, -0.15) is 0 Å². The maximum Gasteiger partial charge on any atom is 0.258 e. The Morgan fingerprint density at radius 2 is 1.84 bits per heavy atom. The van der Waals surface area contributed by atoms with Crippen LogP contribution in [0, 0.1) is 20.8 Å². The summed E-state index contributed by atoms with van der Waals surface area (Å²) in [5.74, 6) is 0.0492. The number of hydrogen-bond acceptors (Lipinski definition) is 5. The van der Waals surface area contributed by atoms with Crippen LogP contribution >= 0.6 is 23.4 Å². The first-order valence-electron chi connectivity index (χ1n) is 9.89. The minimum absolute atomic E-state index is 0.0658. The van der Waals surface area contributed by atoms with Crippen LogP contribution in [0.2, 0.25) is 5.02 Å². The minimum atomic E-state index is -0.264.